The van der Waals surface area contributed by atoms with Crippen molar-refractivity contribution in [3.8, 4) is 0 Å². The first-order chi connectivity index (χ1) is 11.6. The van der Waals surface area contributed by atoms with Gasteiger partial charge in [0.2, 0.25) is 11.0 Å². The summed E-state index contributed by atoms with van der Waals surface area (Å²) in [6.07, 6.45) is 0. The summed E-state index contributed by atoms with van der Waals surface area (Å²) in [7, 11) is 0. The highest BCUT2D eigenvalue weighted by atomic mass is 32.2. The van der Waals surface area contributed by atoms with Crippen LogP contribution in [0.5, 0.6) is 0 Å². The molecule has 0 bridgehead atoms. The number of rotatable bonds is 5. The Morgan fingerprint density at radius 1 is 1.38 bits per heavy atom. The van der Waals surface area contributed by atoms with Gasteiger partial charge < -0.3 is 15.0 Å². The van der Waals surface area contributed by atoms with E-state index in [1.54, 1.807) is 23.1 Å². The average molecular weight is 368 g/mol. The van der Waals surface area contributed by atoms with Crippen LogP contribution in [0.15, 0.2) is 28.6 Å². The van der Waals surface area contributed by atoms with Gasteiger partial charge in [-0.25, -0.2) is 4.39 Å². The van der Waals surface area contributed by atoms with Crippen molar-refractivity contribution in [1.29, 1.82) is 0 Å². The van der Waals surface area contributed by atoms with E-state index in [9.17, 15) is 9.18 Å². The molecule has 0 saturated carbocycles. The Balaban J connectivity index is 1.59. The standard InChI is InChI=1S/C15H17FN4O2S2/c1-10(13(21)20-6-8-22-9-7-20)23-15-19-18-14(24-15)17-12-5-3-2-4-11(12)16/h2-5,10H,6-9H2,1H3,(H,17,18). The predicted molar refractivity (Wildman–Crippen MR) is 92.3 cm³/mol. The fourth-order valence-corrected chi connectivity index (χ4v) is 4.22. The molecule has 3 rings (SSSR count). The Morgan fingerprint density at radius 3 is 2.88 bits per heavy atom. The van der Waals surface area contributed by atoms with Crippen LogP contribution in [0.3, 0.4) is 0 Å². The van der Waals surface area contributed by atoms with E-state index in [4.69, 9.17) is 4.74 Å². The Hall–Kier alpha value is -1.71. The summed E-state index contributed by atoms with van der Waals surface area (Å²) < 4.78 is 19.6. The molecule has 1 atom stereocenters. The van der Waals surface area contributed by atoms with Crippen molar-refractivity contribution in [2.75, 3.05) is 31.6 Å². The molecule has 1 N–H and O–H groups in total. The van der Waals surface area contributed by atoms with Gasteiger partial charge in [0.05, 0.1) is 24.2 Å². The molecule has 2 heterocycles. The number of para-hydroxylation sites is 1. The van der Waals surface area contributed by atoms with Gasteiger partial charge in [0.1, 0.15) is 5.82 Å². The van der Waals surface area contributed by atoms with E-state index in [0.717, 1.165) is 0 Å². The van der Waals surface area contributed by atoms with E-state index in [2.05, 4.69) is 15.5 Å². The van der Waals surface area contributed by atoms with Crippen LogP contribution >= 0.6 is 23.1 Å². The van der Waals surface area contributed by atoms with E-state index < -0.39 is 0 Å². The number of aromatic nitrogens is 2. The Morgan fingerprint density at radius 2 is 2.12 bits per heavy atom. The highest BCUT2D eigenvalue weighted by Gasteiger charge is 2.24. The number of nitrogens with one attached hydrogen (secondary N) is 1. The number of carbonyl (C=O) groups is 1. The molecule has 1 amide bonds. The molecular formula is C15H17FN4O2S2. The largest absolute Gasteiger partial charge is 0.378 e. The predicted octanol–water partition coefficient (Wildman–Crippen LogP) is 2.76. The molecule has 1 aliphatic rings. The van der Waals surface area contributed by atoms with Crippen molar-refractivity contribution in [3.05, 3.63) is 30.1 Å². The summed E-state index contributed by atoms with van der Waals surface area (Å²) >= 11 is 2.66. The number of thioether (sulfide) groups is 1. The maximum absolute atomic E-state index is 13.6. The van der Waals surface area contributed by atoms with E-state index >= 15 is 0 Å². The second-order valence-corrected chi connectivity index (χ2v) is 7.74. The van der Waals surface area contributed by atoms with Gasteiger partial charge in [0.25, 0.3) is 0 Å². The Kier molecular flexibility index (Phi) is 5.64. The van der Waals surface area contributed by atoms with Gasteiger partial charge in [-0.2, -0.15) is 0 Å². The molecule has 0 radical (unpaired) electrons. The van der Waals surface area contributed by atoms with Gasteiger partial charge in [0, 0.05) is 13.1 Å². The molecule has 1 aliphatic heterocycles. The van der Waals surface area contributed by atoms with E-state index in [0.29, 0.717) is 41.5 Å². The average Bonchev–Trinajstić information content (AvgIpc) is 3.04. The van der Waals surface area contributed by atoms with Crippen LogP contribution in [0.2, 0.25) is 0 Å². The minimum Gasteiger partial charge on any atom is -0.378 e. The fraction of sp³-hybridized carbons (Fsp3) is 0.400. The number of ether oxygens (including phenoxy) is 1. The molecule has 1 fully saturated rings. The van der Waals surface area contributed by atoms with Crippen molar-refractivity contribution in [2.45, 2.75) is 16.5 Å². The highest BCUT2D eigenvalue weighted by molar-refractivity contribution is 8.02. The molecule has 1 unspecified atom stereocenters. The summed E-state index contributed by atoms with van der Waals surface area (Å²) in [5.41, 5.74) is 0.350. The fourth-order valence-electron chi connectivity index (χ4n) is 2.23. The van der Waals surface area contributed by atoms with Crippen LogP contribution in [-0.2, 0) is 9.53 Å². The highest BCUT2D eigenvalue weighted by Crippen LogP contribution is 2.31. The third kappa shape index (κ3) is 4.22. The number of benzene rings is 1. The summed E-state index contributed by atoms with van der Waals surface area (Å²) in [5.74, 6) is -0.278. The molecule has 1 saturated heterocycles. The van der Waals surface area contributed by atoms with Crippen molar-refractivity contribution in [2.24, 2.45) is 0 Å². The number of hydrogen-bond donors (Lipinski definition) is 1. The first-order valence-corrected chi connectivity index (χ1v) is 9.21. The molecule has 2 aromatic rings. The zero-order chi connectivity index (χ0) is 16.9. The van der Waals surface area contributed by atoms with Gasteiger partial charge in [-0.05, 0) is 19.1 Å². The number of morpholine rings is 1. The van der Waals surface area contributed by atoms with Crippen molar-refractivity contribution >= 4 is 39.8 Å². The van der Waals surface area contributed by atoms with Crippen molar-refractivity contribution in [3.63, 3.8) is 0 Å². The topological polar surface area (TPSA) is 67.4 Å². The van der Waals surface area contributed by atoms with Gasteiger partial charge in [-0.3, -0.25) is 4.79 Å². The van der Waals surface area contributed by atoms with E-state index in [1.807, 2.05) is 6.92 Å². The molecule has 24 heavy (non-hydrogen) atoms. The lowest BCUT2D eigenvalue weighted by atomic mass is 10.3. The van der Waals surface area contributed by atoms with Crippen LogP contribution in [0.25, 0.3) is 0 Å². The van der Waals surface area contributed by atoms with Gasteiger partial charge >= 0.3 is 0 Å². The molecular weight excluding hydrogens is 351 g/mol. The molecule has 0 aliphatic carbocycles. The van der Waals surface area contributed by atoms with Crippen molar-refractivity contribution in [1.82, 2.24) is 15.1 Å². The number of hydrogen-bond acceptors (Lipinski definition) is 7. The zero-order valence-corrected chi connectivity index (χ0v) is 14.7. The normalized spacial score (nSPS) is 16.0. The summed E-state index contributed by atoms with van der Waals surface area (Å²) in [6.45, 7) is 4.27. The number of amides is 1. The maximum Gasteiger partial charge on any atom is 0.236 e. The van der Waals surface area contributed by atoms with Gasteiger partial charge in [-0.15, -0.1) is 10.2 Å². The lowest BCUT2D eigenvalue weighted by Gasteiger charge is -2.28. The molecule has 0 spiro atoms. The molecule has 1 aromatic heterocycles. The molecule has 9 heteroatoms. The van der Waals surface area contributed by atoms with Gasteiger partial charge in [0.15, 0.2) is 4.34 Å². The quantitative estimate of drug-likeness (QED) is 0.819. The smallest absolute Gasteiger partial charge is 0.236 e. The van der Waals surface area contributed by atoms with Crippen LogP contribution < -0.4 is 5.32 Å². The number of halogens is 1. The number of nitrogens with zero attached hydrogens (tertiary/aromatic N) is 3. The lowest BCUT2D eigenvalue weighted by Crippen LogP contribution is -2.44. The second kappa shape index (κ2) is 7.91. The number of carbonyl (C=O) groups excluding carboxylic acids is 1. The van der Waals surface area contributed by atoms with Crippen LogP contribution in [-0.4, -0.2) is 52.6 Å². The van der Waals surface area contributed by atoms with Crippen LogP contribution in [0.4, 0.5) is 15.2 Å². The third-order valence-electron chi connectivity index (χ3n) is 3.47. The summed E-state index contributed by atoms with van der Waals surface area (Å²) in [6, 6.07) is 6.38. The summed E-state index contributed by atoms with van der Waals surface area (Å²) in [4.78, 5) is 14.2. The van der Waals surface area contributed by atoms with Crippen molar-refractivity contribution < 1.29 is 13.9 Å². The number of anilines is 2. The zero-order valence-electron chi connectivity index (χ0n) is 13.1. The molecule has 6 nitrogen and oxygen atoms in total. The van der Waals surface area contributed by atoms with E-state index in [1.165, 1.54) is 29.2 Å². The third-order valence-corrected chi connectivity index (χ3v) is 5.48. The summed E-state index contributed by atoms with van der Waals surface area (Å²) in [5, 5.41) is 11.2. The SMILES string of the molecule is CC(Sc1nnc(Nc2ccccc2F)s1)C(=O)N1CCOCC1. The molecule has 128 valence electrons. The van der Waals surface area contributed by atoms with E-state index in [-0.39, 0.29) is 17.0 Å². The lowest BCUT2D eigenvalue weighted by molar-refractivity contribution is -0.134. The maximum atomic E-state index is 13.6. The minimum absolute atomic E-state index is 0.0714. The van der Waals surface area contributed by atoms with Crippen LogP contribution in [0, 0.1) is 5.82 Å². The monoisotopic (exact) mass is 368 g/mol. The van der Waals surface area contributed by atoms with Crippen LogP contribution in [0.1, 0.15) is 6.92 Å². The Labute approximate surface area is 147 Å². The first kappa shape index (κ1) is 17.1. The molecule has 1 aromatic carbocycles. The van der Waals surface area contributed by atoms with Gasteiger partial charge in [-0.1, -0.05) is 35.2 Å². The minimum atomic E-state index is -0.349. The Bertz CT molecular complexity index is 706. The second-order valence-electron chi connectivity index (χ2n) is 5.18. The first-order valence-electron chi connectivity index (χ1n) is 7.52.